The van der Waals surface area contributed by atoms with Gasteiger partial charge < -0.3 is 20.7 Å². The molecular formula is C14H27N3O3. The maximum absolute atomic E-state index is 11.6. The second kappa shape index (κ2) is 9.58. The van der Waals surface area contributed by atoms with Gasteiger partial charge in [-0.1, -0.05) is 19.3 Å². The van der Waals surface area contributed by atoms with Gasteiger partial charge in [-0.15, -0.1) is 0 Å². The summed E-state index contributed by atoms with van der Waals surface area (Å²) in [7, 11) is 1.60. The van der Waals surface area contributed by atoms with E-state index in [9.17, 15) is 9.59 Å². The first-order valence-electron chi connectivity index (χ1n) is 7.44. The van der Waals surface area contributed by atoms with Crippen molar-refractivity contribution >= 4 is 11.9 Å². The van der Waals surface area contributed by atoms with Gasteiger partial charge in [0.25, 0.3) is 0 Å². The van der Waals surface area contributed by atoms with Crippen molar-refractivity contribution in [2.75, 3.05) is 20.3 Å². The largest absolute Gasteiger partial charge is 0.383 e. The summed E-state index contributed by atoms with van der Waals surface area (Å²) in [6.45, 7) is 2.72. The Morgan fingerprint density at radius 3 is 2.60 bits per heavy atom. The smallest absolute Gasteiger partial charge is 0.315 e. The van der Waals surface area contributed by atoms with Gasteiger partial charge in [0.15, 0.2) is 0 Å². The number of carbonyl (C=O) groups excluding carboxylic acids is 2. The third-order valence-corrected chi connectivity index (χ3v) is 3.40. The molecule has 6 heteroatoms. The van der Waals surface area contributed by atoms with E-state index in [4.69, 9.17) is 4.74 Å². The SMILES string of the molecule is COC[C@@H](C)NC(=O)CCNC(=O)NC1CCCCC1. The summed E-state index contributed by atoms with van der Waals surface area (Å²) >= 11 is 0. The molecule has 0 heterocycles. The number of hydrogen-bond acceptors (Lipinski definition) is 3. The second-order valence-corrected chi connectivity index (χ2v) is 5.41. The molecular weight excluding hydrogens is 258 g/mol. The van der Waals surface area contributed by atoms with Crippen LogP contribution in [-0.2, 0) is 9.53 Å². The van der Waals surface area contributed by atoms with Gasteiger partial charge in [-0.3, -0.25) is 4.79 Å². The fourth-order valence-electron chi connectivity index (χ4n) is 2.41. The monoisotopic (exact) mass is 285 g/mol. The first-order chi connectivity index (χ1) is 9.61. The second-order valence-electron chi connectivity index (χ2n) is 5.41. The Labute approximate surface area is 121 Å². The van der Waals surface area contributed by atoms with Crippen molar-refractivity contribution in [3.05, 3.63) is 0 Å². The quantitative estimate of drug-likeness (QED) is 0.656. The third-order valence-electron chi connectivity index (χ3n) is 3.40. The summed E-state index contributed by atoms with van der Waals surface area (Å²) in [6.07, 6.45) is 6.03. The molecule has 0 aliphatic heterocycles. The van der Waals surface area contributed by atoms with Gasteiger partial charge in [0.2, 0.25) is 5.91 Å². The van der Waals surface area contributed by atoms with E-state index in [1.807, 2.05) is 6.92 Å². The molecule has 1 aliphatic rings. The molecule has 116 valence electrons. The van der Waals surface area contributed by atoms with Gasteiger partial charge in [-0.2, -0.15) is 0 Å². The molecule has 3 N–H and O–H groups in total. The maximum Gasteiger partial charge on any atom is 0.315 e. The lowest BCUT2D eigenvalue weighted by molar-refractivity contribution is -0.121. The molecule has 0 bridgehead atoms. The van der Waals surface area contributed by atoms with Crippen molar-refractivity contribution in [2.45, 2.75) is 57.5 Å². The number of ether oxygens (including phenoxy) is 1. The van der Waals surface area contributed by atoms with Crippen LogP contribution in [0.4, 0.5) is 4.79 Å². The van der Waals surface area contributed by atoms with Gasteiger partial charge in [0.05, 0.1) is 6.61 Å². The van der Waals surface area contributed by atoms with Gasteiger partial charge in [-0.05, 0) is 19.8 Å². The van der Waals surface area contributed by atoms with Crippen molar-refractivity contribution in [1.82, 2.24) is 16.0 Å². The Kier molecular flexibility index (Phi) is 8.02. The summed E-state index contributed by atoms with van der Waals surface area (Å²) in [4.78, 5) is 23.2. The van der Waals surface area contributed by atoms with Crippen molar-refractivity contribution in [3.8, 4) is 0 Å². The minimum absolute atomic E-state index is 0.0106. The highest BCUT2D eigenvalue weighted by molar-refractivity contribution is 5.78. The number of hydrogen-bond donors (Lipinski definition) is 3. The topological polar surface area (TPSA) is 79.5 Å². The van der Waals surface area contributed by atoms with E-state index in [0.29, 0.717) is 19.2 Å². The molecule has 1 fully saturated rings. The zero-order valence-corrected chi connectivity index (χ0v) is 12.5. The summed E-state index contributed by atoms with van der Waals surface area (Å²) in [5.41, 5.74) is 0. The number of methoxy groups -OCH3 is 1. The standard InChI is InChI=1S/C14H27N3O3/c1-11(10-20-2)16-13(18)8-9-15-14(19)17-12-6-4-3-5-7-12/h11-12H,3-10H2,1-2H3,(H,16,18)(H2,15,17,19)/t11-/m1/s1. The van der Waals surface area contributed by atoms with E-state index in [1.165, 1.54) is 19.3 Å². The van der Waals surface area contributed by atoms with E-state index in [2.05, 4.69) is 16.0 Å². The molecule has 1 saturated carbocycles. The number of carbonyl (C=O) groups is 2. The van der Waals surface area contributed by atoms with Gasteiger partial charge >= 0.3 is 6.03 Å². The van der Waals surface area contributed by atoms with Gasteiger partial charge in [0, 0.05) is 32.2 Å². The number of rotatable bonds is 7. The minimum atomic E-state index is -0.172. The van der Waals surface area contributed by atoms with Crippen LogP contribution >= 0.6 is 0 Å². The number of nitrogens with one attached hydrogen (secondary N) is 3. The highest BCUT2D eigenvalue weighted by Gasteiger charge is 2.15. The highest BCUT2D eigenvalue weighted by Crippen LogP contribution is 2.16. The number of urea groups is 1. The predicted octanol–water partition coefficient (Wildman–Crippen LogP) is 1.16. The van der Waals surface area contributed by atoms with Gasteiger partial charge in [0.1, 0.15) is 0 Å². The average molecular weight is 285 g/mol. The number of amides is 3. The fourth-order valence-corrected chi connectivity index (χ4v) is 2.41. The molecule has 0 aromatic carbocycles. The zero-order chi connectivity index (χ0) is 14.8. The average Bonchev–Trinajstić information content (AvgIpc) is 2.39. The van der Waals surface area contributed by atoms with Crippen LogP contribution in [0.15, 0.2) is 0 Å². The Morgan fingerprint density at radius 1 is 1.25 bits per heavy atom. The Balaban J connectivity index is 2.07. The lowest BCUT2D eigenvalue weighted by Gasteiger charge is -2.22. The van der Waals surface area contributed by atoms with Crippen LogP contribution in [0.2, 0.25) is 0 Å². The molecule has 20 heavy (non-hydrogen) atoms. The van der Waals surface area contributed by atoms with Gasteiger partial charge in [-0.25, -0.2) is 4.79 Å². The Bertz CT molecular complexity index is 304. The van der Waals surface area contributed by atoms with Crippen LogP contribution in [-0.4, -0.2) is 44.3 Å². The van der Waals surface area contributed by atoms with E-state index in [0.717, 1.165) is 12.8 Å². The normalized spacial score (nSPS) is 17.3. The molecule has 1 atom stereocenters. The Hall–Kier alpha value is -1.30. The molecule has 0 aromatic rings. The predicted molar refractivity (Wildman–Crippen MR) is 77.5 cm³/mol. The van der Waals surface area contributed by atoms with Crippen LogP contribution in [0, 0.1) is 0 Å². The molecule has 1 rings (SSSR count). The molecule has 3 amide bonds. The summed E-state index contributed by atoms with van der Waals surface area (Å²) < 4.78 is 4.94. The van der Waals surface area contributed by atoms with Crippen LogP contribution in [0.3, 0.4) is 0 Å². The lowest BCUT2D eigenvalue weighted by Crippen LogP contribution is -2.44. The maximum atomic E-state index is 11.6. The molecule has 0 aromatic heterocycles. The first kappa shape index (κ1) is 16.8. The molecule has 0 saturated heterocycles. The lowest BCUT2D eigenvalue weighted by atomic mass is 9.96. The summed E-state index contributed by atoms with van der Waals surface area (Å²) in [6, 6.07) is 0.109. The minimum Gasteiger partial charge on any atom is -0.383 e. The summed E-state index contributed by atoms with van der Waals surface area (Å²) in [5, 5.41) is 8.48. The van der Waals surface area contributed by atoms with E-state index in [1.54, 1.807) is 7.11 Å². The summed E-state index contributed by atoms with van der Waals surface area (Å²) in [5.74, 6) is -0.0764. The van der Waals surface area contributed by atoms with E-state index >= 15 is 0 Å². The van der Waals surface area contributed by atoms with Crippen LogP contribution in [0.1, 0.15) is 45.4 Å². The molecule has 0 radical (unpaired) electrons. The first-order valence-corrected chi connectivity index (χ1v) is 7.44. The van der Waals surface area contributed by atoms with Crippen LogP contribution in [0.25, 0.3) is 0 Å². The molecule has 6 nitrogen and oxygen atoms in total. The van der Waals surface area contributed by atoms with Crippen molar-refractivity contribution in [2.24, 2.45) is 0 Å². The van der Waals surface area contributed by atoms with E-state index < -0.39 is 0 Å². The molecule has 1 aliphatic carbocycles. The van der Waals surface area contributed by atoms with Crippen molar-refractivity contribution in [3.63, 3.8) is 0 Å². The van der Waals surface area contributed by atoms with Crippen LogP contribution in [0.5, 0.6) is 0 Å². The third kappa shape index (κ3) is 7.33. The Morgan fingerprint density at radius 2 is 1.95 bits per heavy atom. The highest BCUT2D eigenvalue weighted by atomic mass is 16.5. The van der Waals surface area contributed by atoms with Crippen molar-refractivity contribution < 1.29 is 14.3 Å². The van der Waals surface area contributed by atoms with E-state index in [-0.39, 0.29) is 24.4 Å². The van der Waals surface area contributed by atoms with Crippen LogP contribution < -0.4 is 16.0 Å². The fraction of sp³-hybridized carbons (Fsp3) is 0.857. The van der Waals surface area contributed by atoms with Crippen molar-refractivity contribution in [1.29, 1.82) is 0 Å². The molecule has 0 unspecified atom stereocenters. The molecule has 0 spiro atoms. The zero-order valence-electron chi connectivity index (χ0n) is 12.5.